The van der Waals surface area contributed by atoms with Crippen molar-refractivity contribution >= 4 is 27.3 Å². The van der Waals surface area contributed by atoms with Gasteiger partial charge < -0.3 is 0 Å². The van der Waals surface area contributed by atoms with E-state index in [4.69, 9.17) is 0 Å². The van der Waals surface area contributed by atoms with Crippen LogP contribution in [-0.2, 0) is 6.42 Å². The molecular formula is C6H6BrNO2S. The summed E-state index contributed by atoms with van der Waals surface area (Å²) in [4.78, 5) is 10.7. The van der Waals surface area contributed by atoms with Crippen molar-refractivity contribution in [1.29, 1.82) is 0 Å². The second-order valence-corrected chi connectivity index (χ2v) is 3.95. The summed E-state index contributed by atoms with van der Waals surface area (Å²) in [6.07, 6.45) is 0.531. The van der Waals surface area contributed by atoms with Crippen LogP contribution in [0.2, 0.25) is 0 Å². The van der Waals surface area contributed by atoms with Crippen molar-refractivity contribution in [3.8, 4) is 0 Å². The monoisotopic (exact) mass is 235 g/mol. The first-order valence-electron chi connectivity index (χ1n) is 3.03. The molecule has 0 amide bonds. The Hall–Kier alpha value is -0.420. The van der Waals surface area contributed by atoms with Crippen molar-refractivity contribution in [1.82, 2.24) is 0 Å². The summed E-state index contributed by atoms with van der Waals surface area (Å²) in [5, 5.41) is 11.9. The van der Waals surface area contributed by atoms with Crippen LogP contribution in [0.4, 0.5) is 0 Å². The van der Waals surface area contributed by atoms with Crippen molar-refractivity contribution < 1.29 is 4.92 Å². The lowest BCUT2D eigenvalue weighted by Crippen LogP contribution is -2.02. The second kappa shape index (κ2) is 3.82. The predicted molar refractivity (Wildman–Crippen MR) is 47.6 cm³/mol. The van der Waals surface area contributed by atoms with Gasteiger partial charge in [-0.2, -0.15) is 0 Å². The molecule has 5 heteroatoms. The fourth-order valence-corrected chi connectivity index (χ4v) is 2.13. The first-order chi connectivity index (χ1) is 5.18. The molecule has 1 aromatic rings. The van der Waals surface area contributed by atoms with Crippen LogP contribution in [0.15, 0.2) is 15.9 Å². The van der Waals surface area contributed by atoms with Gasteiger partial charge in [0.15, 0.2) is 0 Å². The molecule has 0 saturated heterocycles. The highest BCUT2D eigenvalue weighted by Gasteiger charge is 2.01. The number of nitrogens with zero attached hydrogens (tertiary/aromatic N) is 1. The SMILES string of the molecule is O=[N+]([O-])CCc1cc(Br)cs1. The summed E-state index contributed by atoms with van der Waals surface area (Å²) < 4.78 is 1.00. The fraction of sp³-hybridized carbons (Fsp3) is 0.333. The highest BCUT2D eigenvalue weighted by molar-refractivity contribution is 9.10. The summed E-state index contributed by atoms with van der Waals surface area (Å²) in [5.41, 5.74) is 0. The molecule has 0 atom stereocenters. The van der Waals surface area contributed by atoms with Gasteiger partial charge in [0.2, 0.25) is 6.54 Å². The molecule has 0 unspecified atom stereocenters. The average Bonchev–Trinajstić information content (AvgIpc) is 2.31. The van der Waals surface area contributed by atoms with Gasteiger partial charge in [-0.1, -0.05) is 0 Å². The van der Waals surface area contributed by atoms with Gasteiger partial charge in [0.25, 0.3) is 0 Å². The van der Waals surface area contributed by atoms with Gasteiger partial charge in [-0.05, 0) is 22.0 Å². The molecule has 0 bridgehead atoms. The number of hydrogen-bond acceptors (Lipinski definition) is 3. The molecule has 0 aliphatic carbocycles. The predicted octanol–water partition coefficient (Wildman–Crippen LogP) is 2.33. The highest BCUT2D eigenvalue weighted by Crippen LogP contribution is 2.19. The van der Waals surface area contributed by atoms with Crippen LogP contribution in [0.5, 0.6) is 0 Å². The van der Waals surface area contributed by atoms with Crippen molar-refractivity contribution in [2.75, 3.05) is 6.54 Å². The maximum Gasteiger partial charge on any atom is 0.208 e. The molecule has 0 fully saturated rings. The van der Waals surface area contributed by atoms with Crippen LogP contribution >= 0.6 is 27.3 Å². The first-order valence-corrected chi connectivity index (χ1v) is 4.70. The lowest BCUT2D eigenvalue weighted by molar-refractivity contribution is -0.479. The summed E-state index contributed by atoms with van der Waals surface area (Å²) in [6.45, 7) is 0.0208. The third-order valence-corrected chi connectivity index (χ3v) is 2.92. The Balaban J connectivity index is 2.45. The molecule has 1 aromatic heterocycles. The largest absolute Gasteiger partial charge is 0.265 e. The first kappa shape index (κ1) is 8.67. The summed E-state index contributed by atoms with van der Waals surface area (Å²) in [6, 6.07) is 1.91. The zero-order valence-corrected chi connectivity index (χ0v) is 8.02. The zero-order valence-electron chi connectivity index (χ0n) is 5.62. The van der Waals surface area contributed by atoms with E-state index in [0.29, 0.717) is 6.42 Å². The minimum atomic E-state index is -0.298. The van der Waals surface area contributed by atoms with E-state index in [1.54, 1.807) is 11.3 Å². The molecule has 3 nitrogen and oxygen atoms in total. The summed E-state index contributed by atoms with van der Waals surface area (Å²) in [7, 11) is 0. The van der Waals surface area contributed by atoms with Crippen LogP contribution < -0.4 is 0 Å². The van der Waals surface area contributed by atoms with Gasteiger partial charge >= 0.3 is 0 Å². The topological polar surface area (TPSA) is 43.1 Å². The zero-order chi connectivity index (χ0) is 8.27. The molecule has 11 heavy (non-hydrogen) atoms. The Morgan fingerprint density at radius 3 is 2.91 bits per heavy atom. The van der Waals surface area contributed by atoms with Crippen molar-refractivity contribution in [3.63, 3.8) is 0 Å². The Kier molecular flexibility index (Phi) is 3.02. The van der Waals surface area contributed by atoms with E-state index in [-0.39, 0.29) is 11.5 Å². The lowest BCUT2D eigenvalue weighted by Gasteiger charge is -1.88. The normalized spacial score (nSPS) is 9.91. The quantitative estimate of drug-likeness (QED) is 0.597. The molecule has 0 N–H and O–H groups in total. The van der Waals surface area contributed by atoms with Crippen molar-refractivity contribution in [2.24, 2.45) is 0 Å². The molecule has 60 valence electrons. The molecule has 0 radical (unpaired) electrons. The van der Waals surface area contributed by atoms with Crippen LogP contribution in [-0.4, -0.2) is 11.5 Å². The third kappa shape index (κ3) is 2.98. The Bertz CT molecular complexity index is 261. The maximum absolute atomic E-state index is 9.98. The van der Waals surface area contributed by atoms with Crippen LogP contribution in [0.3, 0.4) is 0 Å². The van der Waals surface area contributed by atoms with E-state index in [2.05, 4.69) is 15.9 Å². The minimum absolute atomic E-state index is 0.0208. The van der Waals surface area contributed by atoms with Crippen LogP contribution in [0.1, 0.15) is 4.88 Å². The molecule has 0 aromatic carbocycles. The average molecular weight is 236 g/mol. The second-order valence-electron chi connectivity index (χ2n) is 2.04. The van der Waals surface area contributed by atoms with E-state index in [1.807, 2.05) is 11.4 Å². The van der Waals surface area contributed by atoms with Crippen molar-refractivity contribution in [3.05, 3.63) is 30.9 Å². The van der Waals surface area contributed by atoms with Crippen molar-refractivity contribution in [2.45, 2.75) is 6.42 Å². The molecular weight excluding hydrogens is 230 g/mol. The number of halogens is 1. The number of thiophene rings is 1. The van der Waals surface area contributed by atoms with Crippen LogP contribution in [0, 0.1) is 10.1 Å². The van der Waals surface area contributed by atoms with Gasteiger partial charge in [-0.3, -0.25) is 10.1 Å². The smallest absolute Gasteiger partial charge is 0.208 e. The molecule has 0 aliphatic rings. The molecule has 1 rings (SSSR count). The summed E-state index contributed by atoms with van der Waals surface area (Å²) in [5.74, 6) is 0. The fourth-order valence-electron chi connectivity index (χ4n) is 0.686. The molecule has 1 heterocycles. The number of nitro groups is 1. The van der Waals surface area contributed by atoms with Crippen LogP contribution in [0.25, 0.3) is 0 Å². The Morgan fingerprint density at radius 1 is 1.73 bits per heavy atom. The van der Waals surface area contributed by atoms with E-state index < -0.39 is 0 Å². The van der Waals surface area contributed by atoms with Gasteiger partial charge in [-0.25, -0.2) is 0 Å². The van der Waals surface area contributed by atoms with E-state index >= 15 is 0 Å². The lowest BCUT2D eigenvalue weighted by atomic mass is 10.3. The standard InChI is InChI=1S/C6H6BrNO2S/c7-5-3-6(11-4-5)1-2-8(9)10/h3-4H,1-2H2. The van der Waals surface area contributed by atoms with Gasteiger partial charge in [0, 0.05) is 26.1 Å². The minimum Gasteiger partial charge on any atom is -0.265 e. The maximum atomic E-state index is 9.98. The van der Waals surface area contributed by atoms with E-state index in [0.717, 1.165) is 9.35 Å². The van der Waals surface area contributed by atoms with Gasteiger partial charge in [-0.15, -0.1) is 11.3 Å². The third-order valence-electron chi connectivity index (χ3n) is 1.16. The molecule has 0 spiro atoms. The van der Waals surface area contributed by atoms with Gasteiger partial charge in [0.1, 0.15) is 0 Å². The Morgan fingerprint density at radius 2 is 2.45 bits per heavy atom. The van der Waals surface area contributed by atoms with E-state index in [9.17, 15) is 10.1 Å². The number of hydrogen-bond donors (Lipinski definition) is 0. The summed E-state index contributed by atoms with van der Waals surface area (Å²) >= 11 is 4.82. The highest BCUT2D eigenvalue weighted by atomic mass is 79.9. The number of rotatable bonds is 3. The molecule has 0 saturated carbocycles. The molecule has 0 aliphatic heterocycles. The van der Waals surface area contributed by atoms with Gasteiger partial charge in [0.05, 0.1) is 0 Å². The van der Waals surface area contributed by atoms with E-state index in [1.165, 1.54) is 0 Å². The Labute approximate surface area is 76.3 Å².